The van der Waals surface area contributed by atoms with E-state index in [1.165, 1.54) is 25.3 Å². The van der Waals surface area contributed by atoms with Crippen LogP contribution in [-0.2, 0) is 9.53 Å². The Kier molecular flexibility index (Phi) is 4.19. The van der Waals surface area contributed by atoms with E-state index in [1.54, 1.807) is 12.1 Å². The summed E-state index contributed by atoms with van der Waals surface area (Å²) in [6, 6.07) is 2.26. The molecule has 2 rings (SSSR count). The van der Waals surface area contributed by atoms with Crippen molar-refractivity contribution in [3.63, 3.8) is 0 Å². The molecule has 108 valence electrons. The standard InChI is InChI=1S/C13H16N2O5/c1-19-9-5-10(13(17)18)15(7-9)12(16)8-3-4-11(20-2)14-6-8/h3-4,6,9-10H,5,7H2,1-2H3,(H,17,18). The highest BCUT2D eigenvalue weighted by molar-refractivity contribution is 5.96. The molecule has 1 fully saturated rings. The van der Waals surface area contributed by atoms with Crippen molar-refractivity contribution in [1.82, 2.24) is 9.88 Å². The average Bonchev–Trinajstić information content (AvgIpc) is 2.91. The number of likely N-dealkylation sites (tertiary alicyclic amines) is 1. The smallest absolute Gasteiger partial charge is 0.326 e. The van der Waals surface area contributed by atoms with Crippen molar-refractivity contribution in [3.05, 3.63) is 23.9 Å². The molecule has 7 heteroatoms. The van der Waals surface area contributed by atoms with Crippen LogP contribution < -0.4 is 4.74 Å². The maximum atomic E-state index is 12.3. The SMILES string of the molecule is COc1ccc(C(=O)N2CC(OC)CC2C(=O)O)cn1. The van der Waals surface area contributed by atoms with Gasteiger partial charge in [-0.15, -0.1) is 0 Å². The molecule has 7 nitrogen and oxygen atoms in total. The summed E-state index contributed by atoms with van der Waals surface area (Å²) in [5, 5.41) is 9.19. The first-order valence-electron chi connectivity index (χ1n) is 6.13. The van der Waals surface area contributed by atoms with E-state index in [2.05, 4.69) is 4.98 Å². The highest BCUT2D eigenvalue weighted by atomic mass is 16.5. The van der Waals surface area contributed by atoms with Crippen LogP contribution in [0, 0.1) is 0 Å². The quantitative estimate of drug-likeness (QED) is 0.859. The van der Waals surface area contributed by atoms with Gasteiger partial charge in [-0.3, -0.25) is 4.79 Å². The molecule has 1 aromatic heterocycles. The Morgan fingerprint density at radius 3 is 2.65 bits per heavy atom. The number of carboxylic acid groups (broad SMARTS) is 1. The van der Waals surface area contributed by atoms with Crippen molar-refractivity contribution in [2.24, 2.45) is 0 Å². The van der Waals surface area contributed by atoms with E-state index in [1.807, 2.05) is 0 Å². The summed E-state index contributed by atoms with van der Waals surface area (Å²) in [5.41, 5.74) is 0.328. The fourth-order valence-electron chi connectivity index (χ4n) is 2.22. The maximum absolute atomic E-state index is 12.3. The van der Waals surface area contributed by atoms with Crippen molar-refractivity contribution < 1.29 is 24.2 Å². The molecule has 2 unspecified atom stereocenters. The zero-order chi connectivity index (χ0) is 14.7. The molecule has 0 saturated carbocycles. The lowest BCUT2D eigenvalue weighted by Crippen LogP contribution is -2.40. The first-order chi connectivity index (χ1) is 9.56. The number of aromatic nitrogens is 1. The van der Waals surface area contributed by atoms with Crippen molar-refractivity contribution in [2.75, 3.05) is 20.8 Å². The number of hydrogen-bond donors (Lipinski definition) is 1. The van der Waals surface area contributed by atoms with Crippen LogP contribution in [-0.4, -0.2) is 59.8 Å². The van der Waals surface area contributed by atoms with Crippen LogP contribution in [0.2, 0.25) is 0 Å². The van der Waals surface area contributed by atoms with Gasteiger partial charge in [0.05, 0.1) is 18.8 Å². The summed E-state index contributed by atoms with van der Waals surface area (Å²) in [6.07, 6.45) is 1.41. The number of nitrogens with zero attached hydrogens (tertiary/aromatic N) is 2. The number of aliphatic carboxylic acids is 1. The van der Waals surface area contributed by atoms with Crippen molar-refractivity contribution in [3.8, 4) is 5.88 Å². The second kappa shape index (κ2) is 5.87. The number of amides is 1. The molecule has 2 heterocycles. The molecule has 0 radical (unpaired) electrons. The molecule has 0 aliphatic carbocycles. The third-order valence-electron chi connectivity index (χ3n) is 3.33. The molecular weight excluding hydrogens is 264 g/mol. The van der Waals surface area contributed by atoms with Crippen LogP contribution in [0.25, 0.3) is 0 Å². The molecule has 1 aliphatic heterocycles. The maximum Gasteiger partial charge on any atom is 0.326 e. The van der Waals surface area contributed by atoms with Crippen molar-refractivity contribution in [1.29, 1.82) is 0 Å². The molecule has 1 aliphatic rings. The predicted octanol–water partition coefficient (Wildman–Crippen LogP) is 0.404. The van der Waals surface area contributed by atoms with E-state index in [4.69, 9.17) is 9.47 Å². The number of hydrogen-bond acceptors (Lipinski definition) is 5. The van der Waals surface area contributed by atoms with Crippen molar-refractivity contribution in [2.45, 2.75) is 18.6 Å². The first kappa shape index (κ1) is 14.3. The zero-order valence-electron chi connectivity index (χ0n) is 11.3. The van der Waals surface area contributed by atoms with Gasteiger partial charge in [-0.25, -0.2) is 9.78 Å². The van der Waals surface area contributed by atoms with Crippen LogP contribution >= 0.6 is 0 Å². The molecule has 1 N–H and O–H groups in total. The molecule has 0 spiro atoms. The van der Waals surface area contributed by atoms with Gasteiger partial charge in [0.25, 0.3) is 5.91 Å². The van der Waals surface area contributed by atoms with Crippen LogP contribution in [0.1, 0.15) is 16.8 Å². The molecule has 2 atom stereocenters. The summed E-state index contributed by atoms with van der Waals surface area (Å²) >= 11 is 0. The Morgan fingerprint density at radius 2 is 2.15 bits per heavy atom. The van der Waals surface area contributed by atoms with Crippen LogP contribution in [0.3, 0.4) is 0 Å². The monoisotopic (exact) mass is 280 g/mol. The largest absolute Gasteiger partial charge is 0.481 e. The zero-order valence-corrected chi connectivity index (χ0v) is 11.3. The minimum atomic E-state index is -1.03. The Labute approximate surface area is 116 Å². The average molecular weight is 280 g/mol. The Hall–Kier alpha value is -2.15. The lowest BCUT2D eigenvalue weighted by atomic mass is 10.2. The highest BCUT2D eigenvalue weighted by Gasteiger charge is 2.40. The predicted molar refractivity (Wildman–Crippen MR) is 68.7 cm³/mol. The van der Waals surface area contributed by atoms with Gasteiger partial charge in [0.15, 0.2) is 0 Å². The molecule has 1 aromatic rings. The van der Waals surface area contributed by atoms with E-state index in [9.17, 15) is 14.7 Å². The number of carbonyl (C=O) groups excluding carboxylic acids is 1. The highest BCUT2D eigenvalue weighted by Crippen LogP contribution is 2.23. The number of pyridine rings is 1. The summed E-state index contributed by atoms with van der Waals surface area (Å²) in [7, 11) is 2.99. The summed E-state index contributed by atoms with van der Waals surface area (Å²) in [4.78, 5) is 28.8. The minimum absolute atomic E-state index is 0.258. The first-order valence-corrected chi connectivity index (χ1v) is 6.13. The van der Waals surface area contributed by atoms with Gasteiger partial charge in [-0.2, -0.15) is 0 Å². The Morgan fingerprint density at radius 1 is 1.40 bits per heavy atom. The second-order valence-electron chi connectivity index (χ2n) is 4.49. The second-order valence-corrected chi connectivity index (χ2v) is 4.49. The summed E-state index contributed by atoms with van der Waals surface area (Å²) < 4.78 is 10.1. The van der Waals surface area contributed by atoms with Crippen molar-refractivity contribution >= 4 is 11.9 Å². The van der Waals surface area contributed by atoms with Gasteiger partial charge in [0.2, 0.25) is 5.88 Å². The van der Waals surface area contributed by atoms with E-state index >= 15 is 0 Å². The number of ether oxygens (including phenoxy) is 2. The van der Waals surface area contributed by atoms with E-state index in [-0.39, 0.29) is 18.6 Å². The Balaban J connectivity index is 2.19. The van der Waals surface area contributed by atoms with Gasteiger partial charge in [-0.1, -0.05) is 0 Å². The van der Waals surface area contributed by atoms with Crippen LogP contribution in [0.5, 0.6) is 5.88 Å². The van der Waals surface area contributed by atoms with Gasteiger partial charge in [0.1, 0.15) is 6.04 Å². The van der Waals surface area contributed by atoms with Gasteiger partial charge in [-0.05, 0) is 6.07 Å². The minimum Gasteiger partial charge on any atom is -0.481 e. The molecule has 0 bridgehead atoms. The fraction of sp³-hybridized carbons (Fsp3) is 0.462. The molecule has 20 heavy (non-hydrogen) atoms. The number of carboxylic acids is 1. The molecular formula is C13H16N2O5. The topological polar surface area (TPSA) is 89.0 Å². The summed E-state index contributed by atoms with van der Waals surface area (Å²) in [6.45, 7) is 0.262. The lowest BCUT2D eigenvalue weighted by Gasteiger charge is -2.21. The third kappa shape index (κ3) is 2.72. The molecule has 1 amide bonds. The Bertz CT molecular complexity index is 502. The normalized spacial score (nSPS) is 21.8. The van der Waals surface area contributed by atoms with Crippen LogP contribution in [0.15, 0.2) is 18.3 Å². The van der Waals surface area contributed by atoms with E-state index in [0.717, 1.165) is 0 Å². The lowest BCUT2D eigenvalue weighted by molar-refractivity contribution is -0.141. The summed E-state index contributed by atoms with van der Waals surface area (Å²) in [5.74, 6) is -1.00. The fourth-order valence-corrected chi connectivity index (χ4v) is 2.22. The van der Waals surface area contributed by atoms with E-state index < -0.39 is 12.0 Å². The number of methoxy groups -OCH3 is 2. The van der Waals surface area contributed by atoms with Gasteiger partial charge < -0.3 is 19.5 Å². The van der Waals surface area contributed by atoms with Gasteiger partial charge >= 0.3 is 5.97 Å². The number of carbonyl (C=O) groups is 2. The van der Waals surface area contributed by atoms with Crippen LogP contribution in [0.4, 0.5) is 0 Å². The number of rotatable bonds is 4. The molecule has 1 saturated heterocycles. The molecule has 0 aromatic carbocycles. The van der Waals surface area contributed by atoms with E-state index in [0.29, 0.717) is 17.9 Å². The van der Waals surface area contributed by atoms with Gasteiger partial charge in [0, 0.05) is 32.3 Å². The third-order valence-corrected chi connectivity index (χ3v) is 3.33.